The number of hydrogen-bond donors (Lipinski definition) is 1. The Hall–Kier alpha value is -1.66. The Bertz CT molecular complexity index is 670. The van der Waals surface area contributed by atoms with Gasteiger partial charge in [-0.25, -0.2) is 13.1 Å². The Morgan fingerprint density at radius 2 is 1.78 bits per heavy atom. The molecule has 0 aliphatic rings. The molecule has 23 heavy (non-hydrogen) atoms. The van der Waals surface area contributed by atoms with Gasteiger partial charge in [-0.2, -0.15) is 0 Å². The third kappa shape index (κ3) is 6.54. The molecule has 0 bridgehead atoms. The highest BCUT2D eigenvalue weighted by Crippen LogP contribution is 2.16. The minimum atomic E-state index is -3.73. The van der Waals surface area contributed by atoms with Gasteiger partial charge in [0.1, 0.15) is 5.60 Å². The number of carbonyl (C=O) groups excluding carboxylic acids is 1. The van der Waals surface area contributed by atoms with Crippen LogP contribution in [-0.2, 0) is 19.6 Å². The summed E-state index contributed by atoms with van der Waals surface area (Å²) in [6.45, 7) is 12.6. The van der Waals surface area contributed by atoms with Gasteiger partial charge in [-0.1, -0.05) is 29.8 Å². The normalized spacial score (nSPS) is 13.4. The third-order valence-corrected chi connectivity index (χ3v) is 4.50. The van der Waals surface area contributed by atoms with Crippen molar-refractivity contribution < 1.29 is 17.9 Å². The average molecular weight is 339 g/mol. The van der Waals surface area contributed by atoms with E-state index in [2.05, 4.69) is 11.3 Å². The number of esters is 1. The summed E-state index contributed by atoms with van der Waals surface area (Å²) in [4.78, 5) is 12.1. The zero-order chi connectivity index (χ0) is 17.8. The van der Waals surface area contributed by atoms with E-state index in [4.69, 9.17) is 4.74 Å². The number of sulfonamides is 1. The molecule has 1 rings (SSSR count). The number of hydrogen-bond acceptors (Lipinski definition) is 4. The highest BCUT2D eigenvalue weighted by atomic mass is 32.2. The third-order valence-electron chi connectivity index (χ3n) is 3.01. The lowest BCUT2D eigenvalue weighted by Gasteiger charge is -2.23. The van der Waals surface area contributed by atoms with Gasteiger partial charge in [0.15, 0.2) is 0 Å². The van der Waals surface area contributed by atoms with Crippen LogP contribution in [-0.4, -0.2) is 26.0 Å². The van der Waals surface area contributed by atoms with Crippen molar-refractivity contribution in [2.75, 3.05) is 0 Å². The molecule has 128 valence electrons. The van der Waals surface area contributed by atoms with Crippen molar-refractivity contribution in [3.63, 3.8) is 0 Å². The van der Waals surface area contributed by atoms with E-state index in [9.17, 15) is 13.2 Å². The Morgan fingerprint density at radius 1 is 1.26 bits per heavy atom. The van der Waals surface area contributed by atoms with E-state index in [1.165, 1.54) is 12.1 Å². The molecular weight excluding hydrogens is 314 g/mol. The van der Waals surface area contributed by atoms with Crippen molar-refractivity contribution in [2.45, 2.75) is 57.6 Å². The first-order valence-corrected chi connectivity index (χ1v) is 8.85. The van der Waals surface area contributed by atoms with Gasteiger partial charge in [0.05, 0.1) is 17.4 Å². The quantitative estimate of drug-likeness (QED) is 0.639. The van der Waals surface area contributed by atoms with Crippen LogP contribution in [0.15, 0.2) is 41.3 Å². The predicted octanol–water partition coefficient (Wildman–Crippen LogP) is 2.95. The van der Waals surface area contributed by atoms with Gasteiger partial charge in [0, 0.05) is 0 Å². The molecule has 1 aromatic carbocycles. The van der Waals surface area contributed by atoms with Crippen molar-refractivity contribution >= 4 is 16.0 Å². The van der Waals surface area contributed by atoms with Crippen molar-refractivity contribution in [1.82, 2.24) is 4.72 Å². The van der Waals surface area contributed by atoms with Gasteiger partial charge in [-0.05, 0) is 46.8 Å². The SMILES string of the molecule is C=C(C)[C@H](CC(=O)OC(C)(C)C)NS(=O)(=O)c1ccc(C)cc1. The maximum absolute atomic E-state index is 12.4. The Kier molecular flexibility index (Phi) is 6.13. The van der Waals surface area contributed by atoms with Crippen molar-refractivity contribution in [2.24, 2.45) is 0 Å². The molecule has 0 heterocycles. The van der Waals surface area contributed by atoms with Gasteiger partial charge in [-0.3, -0.25) is 4.79 Å². The maximum atomic E-state index is 12.4. The number of benzene rings is 1. The largest absolute Gasteiger partial charge is 0.460 e. The molecular formula is C17H25NO4S. The summed E-state index contributed by atoms with van der Waals surface area (Å²) in [5.41, 5.74) is 0.896. The first-order valence-electron chi connectivity index (χ1n) is 7.37. The zero-order valence-electron chi connectivity index (χ0n) is 14.3. The number of ether oxygens (including phenoxy) is 1. The summed E-state index contributed by atoms with van der Waals surface area (Å²) in [7, 11) is -3.73. The molecule has 6 heteroatoms. The summed E-state index contributed by atoms with van der Waals surface area (Å²) in [6, 6.07) is 5.79. The lowest BCUT2D eigenvalue weighted by molar-refractivity contribution is -0.155. The summed E-state index contributed by atoms with van der Waals surface area (Å²) < 4.78 is 32.6. The van der Waals surface area contributed by atoms with Crippen LogP contribution in [0.3, 0.4) is 0 Å². The maximum Gasteiger partial charge on any atom is 0.308 e. The van der Waals surface area contributed by atoms with Crippen LogP contribution < -0.4 is 4.72 Å². The highest BCUT2D eigenvalue weighted by molar-refractivity contribution is 7.89. The topological polar surface area (TPSA) is 72.5 Å². The van der Waals surface area contributed by atoms with Crippen molar-refractivity contribution in [3.8, 4) is 0 Å². The fraction of sp³-hybridized carbons (Fsp3) is 0.471. The molecule has 0 saturated heterocycles. The van der Waals surface area contributed by atoms with Crippen LogP contribution in [0.25, 0.3) is 0 Å². The zero-order valence-corrected chi connectivity index (χ0v) is 15.2. The van der Waals surface area contributed by atoms with Crippen LogP contribution >= 0.6 is 0 Å². The van der Waals surface area contributed by atoms with E-state index < -0.39 is 27.6 Å². The van der Waals surface area contributed by atoms with Gasteiger partial charge in [0.25, 0.3) is 0 Å². The highest BCUT2D eigenvalue weighted by Gasteiger charge is 2.25. The fourth-order valence-electron chi connectivity index (χ4n) is 1.84. The molecule has 0 fully saturated rings. The van der Waals surface area contributed by atoms with E-state index >= 15 is 0 Å². The van der Waals surface area contributed by atoms with Gasteiger partial charge < -0.3 is 4.74 Å². The molecule has 0 aliphatic heterocycles. The predicted molar refractivity (Wildman–Crippen MR) is 90.6 cm³/mol. The van der Waals surface area contributed by atoms with E-state index in [-0.39, 0.29) is 11.3 Å². The number of aryl methyl sites for hydroxylation is 1. The Morgan fingerprint density at radius 3 is 2.22 bits per heavy atom. The summed E-state index contributed by atoms with van der Waals surface area (Å²) in [5.74, 6) is -0.475. The van der Waals surface area contributed by atoms with E-state index in [1.807, 2.05) is 6.92 Å². The fourth-order valence-corrected chi connectivity index (χ4v) is 3.13. The minimum absolute atomic E-state index is 0.0995. The van der Waals surface area contributed by atoms with Gasteiger partial charge in [-0.15, -0.1) is 0 Å². The molecule has 0 saturated carbocycles. The smallest absolute Gasteiger partial charge is 0.308 e. The van der Waals surface area contributed by atoms with E-state index in [1.54, 1.807) is 39.8 Å². The molecule has 0 spiro atoms. The number of nitrogens with one attached hydrogen (secondary N) is 1. The van der Waals surface area contributed by atoms with Crippen LogP contribution in [0, 0.1) is 6.92 Å². The molecule has 0 unspecified atom stereocenters. The van der Waals surface area contributed by atoms with E-state index in [0.29, 0.717) is 5.57 Å². The lowest BCUT2D eigenvalue weighted by atomic mass is 10.1. The molecule has 5 nitrogen and oxygen atoms in total. The number of rotatable bonds is 6. The van der Waals surface area contributed by atoms with Crippen LogP contribution in [0.5, 0.6) is 0 Å². The standard InChI is InChI=1S/C17H25NO4S/c1-12(2)15(11-16(19)22-17(4,5)6)18-23(20,21)14-9-7-13(3)8-10-14/h7-10,15,18H,1,11H2,2-6H3/t15-/m0/s1. The minimum Gasteiger partial charge on any atom is -0.460 e. The van der Waals surface area contributed by atoms with Crippen LogP contribution in [0.2, 0.25) is 0 Å². The van der Waals surface area contributed by atoms with Crippen molar-refractivity contribution in [1.29, 1.82) is 0 Å². The van der Waals surface area contributed by atoms with E-state index in [0.717, 1.165) is 5.56 Å². The molecule has 1 aromatic rings. The first kappa shape index (κ1) is 19.4. The molecule has 1 atom stereocenters. The van der Waals surface area contributed by atoms with Gasteiger partial charge in [0.2, 0.25) is 10.0 Å². The van der Waals surface area contributed by atoms with Crippen molar-refractivity contribution in [3.05, 3.63) is 42.0 Å². The molecule has 0 radical (unpaired) electrons. The number of carbonyl (C=O) groups is 1. The first-order chi connectivity index (χ1) is 10.4. The van der Waals surface area contributed by atoms with Gasteiger partial charge >= 0.3 is 5.97 Å². The monoisotopic (exact) mass is 339 g/mol. The summed E-state index contributed by atoms with van der Waals surface area (Å²) in [5, 5.41) is 0. The van der Waals surface area contributed by atoms with Crippen LogP contribution in [0.1, 0.15) is 39.7 Å². The second-order valence-electron chi connectivity index (χ2n) is 6.62. The summed E-state index contributed by atoms with van der Waals surface area (Å²) in [6.07, 6.45) is -0.0995. The summed E-state index contributed by atoms with van der Waals surface area (Å²) >= 11 is 0. The average Bonchev–Trinajstić information content (AvgIpc) is 2.35. The second-order valence-corrected chi connectivity index (χ2v) is 8.34. The van der Waals surface area contributed by atoms with Crippen LogP contribution in [0.4, 0.5) is 0 Å². The molecule has 1 N–H and O–H groups in total. The Labute approximate surface area is 138 Å². The molecule has 0 amide bonds. The Balaban J connectivity index is 2.89. The molecule has 0 aliphatic carbocycles. The lowest BCUT2D eigenvalue weighted by Crippen LogP contribution is -2.38. The molecule has 0 aromatic heterocycles. The second kappa shape index (κ2) is 7.27.